The average Bonchev–Trinajstić information content (AvgIpc) is 2.60. The van der Waals surface area contributed by atoms with Crippen LogP contribution in [0.4, 0.5) is 4.39 Å². The van der Waals surface area contributed by atoms with Crippen LogP contribution in [-0.4, -0.2) is 29.4 Å². The molecule has 0 spiro atoms. The molecule has 0 aliphatic rings. The van der Waals surface area contributed by atoms with Gasteiger partial charge in [-0.2, -0.15) is 0 Å². The summed E-state index contributed by atoms with van der Waals surface area (Å²) >= 11 is 0. The topological polar surface area (TPSA) is 7.65 Å². The van der Waals surface area contributed by atoms with Gasteiger partial charge in [-0.3, -0.25) is 0 Å². The van der Waals surface area contributed by atoms with Crippen molar-refractivity contribution in [3.63, 3.8) is 0 Å². The Morgan fingerprint density at radius 2 is 2.06 bits per heavy atom. The van der Waals surface area contributed by atoms with E-state index in [1.165, 1.54) is 11.8 Å². The highest BCUT2D eigenvalue weighted by Crippen LogP contribution is 2.14. The lowest BCUT2D eigenvalue weighted by molar-refractivity contribution is 0.310. The normalized spacial score (nSPS) is 13.6. The standard InChI is InChI=1S/C13H17FN2/c1-10(15(2)3)8-12-4-5-13-9-11(14)6-7-16(12)13/h4-7,9-10H,8H2,1-3H3. The van der Waals surface area contributed by atoms with Gasteiger partial charge in [0.2, 0.25) is 0 Å². The number of hydrogen-bond acceptors (Lipinski definition) is 1. The van der Waals surface area contributed by atoms with E-state index >= 15 is 0 Å². The Morgan fingerprint density at radius 3 is 2.75 bits per heavy atom. The molecule has 0 aliphatic carbocycles. The average molecular weight is 220 g/mol. The van der Waals surface area contributed by atoms with Crippen LogP contribution in [0.3, 0.4) is 0 Å². The van der Waals surface area contributed by atoms with Crippen molar-refractivity contribution in [1.29, 1.82) is 0 Å². The van der Waals surface area contributed by atoms with Gasteiger partial charge >= 0.3 is 0 Å². The third-order valence-electron chi connectivity index (χ3n) is 3.09. The minimum Gasteiger partial charge on any atom is -0.321 e. The molecule has 1 unspecified atom stereocenters. The summed E-state index contributed by atoms with van der Waals surface area (Å²) < 4.78 is 15.1. The summed E-state index contributed by atoms with van der Waals surface area (Å²) in [5.74, 6) is -0.183. The summed E-state index contributed by atoms with van der Waals surface area (Å²) in [7, 11) is 4.14. The van der Waals surface area contributed by atoms with Gasteiger partial charge < -0.3 is 9.30 Å². The lowest BCUT2D eigenvalue weighted by atomic mass is 10.2. The quantitative estimate of drug-likeness (QED) is 0.771. The smallest absolute Gasteiger partial charge is 0.126 e. The Bertz CT molecular complexity index is 488. The van der Waals surface area contributed by atoms with Crippen molar-refractivity contribution >= 4 is 5.52 Å². The van der Waals surface area contributed by atoms with Crippen LogP contribution in [0.25, 0.3) is 5.52 Å². The number of fused-ring (bicyclic) bond motifs is 1. The van der Waals surface area contributed by atoms with Crippen molar-refractivity contribution in [3.05, 3.63) is 42.0 Å². The van der Waals surface area contributed by atoms with Gasteiger partial charge in [0, 0.05) is 29.9 Å². The molecule has 0 saturated heterocycles. The highest BCUT2D eigenvalue weighted by Gasteiger charge is 2.09. The Balaban J connectivity index is 2.32. The molecule has 0 aromatic carbocycles. The first-order valence-corrected chi connectivity index (χ1v) is 5.50. The molecule has 0 aliphatic heterocycles. The van der Waals surface area contributed by atoms with E-state index in [1.54, 1.807) is 12.3 Å². The number of pyridine rings is 1. The molecule has 3 heteroatoms. The summed E-state index contributed by atoms with van der Waals surface area (Å²) in [6.45, 7) is 2.18. The highest BCUT2D eigenvalue weighted by atomic mass is 19.1. The third-order valence-corrected chi connectivity index (χ3v) is 3.09. The fourth-order valence-electron chi connectivity index (χ4n) is 1.79. The Labute approximate surface area is 95.3 Å². The maximum absolute atomic E-state index is 13.0. The van der Waals surface area contributed by atoms with E-state index in [0.29, 0.717) is 6.04 Å². The monoisotopic (exact) mass is 220 g/mol. The van der Waals surface area contributed by atoms with E-state index < -0.39 is 0 Å². The van der Waals surface area contributed by atoms with E-state index in [4.69, 9.17) is 0 Å². The van der Waals surface area contributed by atoms with E-state index in [9.17, 15) is 4.39 Å². The van der Waals surface area contributed by atoms with Gasteiger partial charge in [-0.05, 0) is 45.3 Å². The van der Waals surface area contributed by atoms with Gasteiger partial charge in [-0.1, -0.05) is 0 Å². The van der Waals surface area contributed by atoms with Gasteiger partial charge in [0.15, 0.2) is 0 Å². The number of rotatable bonds is 3. The van der Waals surface area contributed by atoms with E-state index in [2.05, 4.69) is 32.0 Å². The Kier molecular flexibility index (Phi) is 2.97. The molecule has 0 saturated carbocycles. The van der Waals surface area contributed by atoms with Gasteiger partial charge in [0.1, 0.15) is 5.82 Å². The maximum atomic E-state index is 13.0. The predicted molar refractivity (Wildman–Crippen MR) is 64.2 cm³/mol. The second-order valence-corrected chi connectivity index (χ2v) is 4.48. The molecule has 0 radical (unpaired) electrons. The molecule has 0 bridgehead atoms. The summed E-state index contributed by atoms with van der Waals surface area (Å²) in [6.07, 6.45) is 2.76. The van der Waals surface area contributed by atoms with Crippen LogP contribution in [0.2, 0.25) is 0 Å². The molecule has 2 heterocycles. The predicted octanol–water partition coefficient (Wildman–Crippen LogP) is 2.57. The zero-order valence-electron chi connectivity index (χ0n) is 9.94. The number of aromatic nitrogens is 1. The van der Waals surface area contributed by atoms with E-state index in [1.807, 2.05) is 10.5 Å². The van der Waals surface area contributed by atoms with Crippen LogP contribution < -0.4 is 0 Å². The molecule has 0 amide bonds. The Hall–Kier alpha value is -1.35. The van der Waals surface area contributed by atoms with Gasteiger partial charge in [-0.15, -0.1) is 0 Å². The fourth-order valence-corrected chi connectivity index (χ4v) is 1.79. The second-order valence-electron chi connectivity index (χ2n) is 4.48. The minimum absolute atomic E-state index is 0.183. The van der Waals surface area contributed by atoms with Crippen LogP contribution in [-0.2, 0) is 6.42 Å². The summed E-state index contributed by atoms with van der Waals surface area (Å²) in [5, 5.41) is 0. The zero-order chi connectivity index (χ0) is 11.7. The third kappa shape index (κ3) is 2.09. The molecule has 2 rings (SSSR count). The number of likely N-dealkylation sites (N-methyl/N-ethyl adjacent to an activating group) is 1. The largest absolute Gasteiger partial charge is 0.321 e. The lowest BCUT2D eigenvalue weighted by Gasteiger charge is -2.19. The van der Waals surface area contributed by atoms with Crippen LogP contribution in [0.15, 0.2) is 30.5 Å². The highest BCUT2D eigenvalue weighted by molar-refractivity contribution is 5.49. The van der Waals surface area contributed by atoms with Gasteiger partial charge in [0.05, 0.1) is 0 Å². The fraction of sp³-hybridized carbons (Fsp3) is 0.385. The zero-order valence-corrected chi connectivity index (χ0v) is 9.94. The molecule has 2 aromatic heterocycles. The van der Waals surface area contributed by atoms with Crippen molar-refractivity contribution in [2.24, 2.45) is 0 Å². The summed E-state index contributed by atoms with van der Waals surface area (Å²) in [5.41, 5.74) is 2.14. The van der Waals surface area contributed by atoms with Gasteiger partial charge in [-0.25, -0.2) is 4.39 Å². The van der Waals surface area contributed by atoms with Crippen LogP contribution in [0, 0.1) is 5.82 Å². The van der Waals surface area contributed by atoms with Gasteiger partial charge in [0.25, 0.3) is 0 Å². The van der Waals surface area contributed by atoms with Crippen LogP contribution in [0.5, 0.6) is 0 Å². The van der Waals surface area contributed by atoms with Crippen LogP contribution in [0.1, 0.15) is 12.6 Å². The number of nitrogens with zero attached hydrogens (tertiary/aromatic N) is 2. The first-order chi connectivity index (χ1) is 7.58. The van der Waals surface area contributed by atoms with Crippen molar-refractivity contribution in [2.45, 2.75) is 19.4 Å². The van der Waals surface area contributed by atoms with Crippen molar-refractivity contribution < 1.29 is 4.39 Å². The molecule has 1 atom stereocenters. The molecular formula is C13H17FN2. The molecule has 0 fully saturated rings. The van der Waals surface area contributed by atoms with Crippen molar-refractivity contribution in [3.8, 4) is 0 Å². The molecule has 2 nitrogen and oxygen atoms in total. The van der Waals surface area contributed by atoms with Crippen molar-refractivity contribution in [2.75, 3.05) is 14.1 Å². The van der Waals surface area contributed by atoms with E-state index in [0.717, 1.165) is 11.9 Å². The molecule has 2 aromatic rings. The first kappa shape index (κ1) is 11.1. The lowest BCUT2D eigenvalue weighted by Crippen LogP contribution is -2.27. The number of halogens is 1. The van der Waals surface area contributed by atoms with Crippen molar-refractivity contribution in [1.82, 2.24) is 9.30 Å². The molecule has 0 N–H and O–H groups in total. The summed E-state index contributed by atoms with van der Waals surface area (Å²) in [4.78, 5) is 2.18. The van der Waals surface area contributed by atoms with E-state index in [-0.39, 0.29) is 5.82 Å². The maximum Gasteiger partial charge on any atom is 0.126 e. The first-order valence-electron chi connectivity index (χ1n) is 5.50. The molecule has 16 heavy (non-hydrogen) atoms. The summed E-state index contributed by atoms with van der Waals surface area (Å²) in [6, 6.07) is 7.55. The van der Waals surface area contributed by atoms with Crippen LogP contribution >= 0.6 is 0 Å². The second kappa shape index (κ2) is 4.26. The minimum atomic E-state index is -0.183. The SMILES string of the molecule is CC(Cc1ccc2cc(F)ccn12)N(C)C. The number of hydrogen-bond donors (Lipinski definition) is 0. The molecule has 86 valence electrons. The molecular weight excluding hydrogens is 203 g/mol. The Morgan fingerprint density at radius 1 is 1.31 bits per heavy atom.